The van der Waals surface area contributed by atoms with Gasteiger partial charge in [0.15, 0.2) is 0 Å². The molecule has 0 radical (unpaired) electrons. The van der Waals surface area contributed by atoms with Crippen LogP contribution in [0.3, 0.4) is 0 Å². The zero-order valence-electron chi connectivity index (χ0n) is 15.1. The van der Waals surface area contributed by atoms with Crippen molar-refractivity contribution in [3.8, 4) is 0 Å². The fourth-order valence-electron chi connectivity index (χ4n) is 3.65. The highest BCUT2D eigenvalue weighted by Gasteiger charge is 2.29. The minimum absolute atomic E-state index is 0.00189. The van der Waals surface area contributed by atoms with Crippen molar-refractivity contribution in [2.24, 2.45) is 5.92 Å². The van der Waals surface area contributed by atoms with Gasteiger partial charge in [0.25, 0.3) is 5.91 Å². The summed E-state index contributed by atoms with van der Waals surface area (Å²) < 4.78 is 0. The molecule has 3 aromatic carbocycles. The summed E-state index contributed by atoms with van der Waals surface area (Å²) in [5.41, 5.74) is 1.47. The number of rotatable bonds is 3. The van der Waals surface area contributed by atoms with Gasteiger partial charge in [-0.3, -0.25) is 9.59 Å². The van der Waals surface area contributed by atoms with Crippen molar-refractivity contribution >= 4 is 28.3 Å². The lowest BCUT2D eigenvalue weighted by Gasteiger charge is -2.32. The van der Waals surface area contributed by atoms with Crippen LogP contribution in [0.1, 0.15) is 23.2 Å². The molecule has 1 fully saturated rings. The molecule has 4 rings (SSSR count). The Balaban J connectivity index is 1.46. The summed E-state index contributed by atoms with van der Waals surface area (Å²) in [7, 11) is 0. The first kappa shape index (κ1) is 17.3. The van der Waals surface area contributed by atoms with Crippen LogP contribution >= 0.6 is 0 Å². The molecule has 1 aliphatic rings. The van der Waals surface area contributed by atoms with Gasteiger partial charge in [0.1, 0.15) is 0 Å². The van der Waals surface area contributed by atoms with Crippen molar-refractivity contribution < 1.29 is 9.59 Å². The third-order valence-corrected chi connectivity index (χ3v) is 5.12. The van der Waals surface area contributed by atoms with Crippen molar-refractivity contribution in [1.29, 1.82) is 0 Å². The van der Waals surface area contributed by atoms with Crippen LogP contribution in [0.15, 0.2) is 72.8 Å². The molecule has 1 heterocycles. The summed E-state index contributed by atoms with van der Waals surface area (Å²) in [6.07, 6.45) is 1.65. The van der Waals surface area contributed by atoms with E-state index in [-0.39, 0.29) is 17.7 Å². The molecule has 3 aromatic rings. The van der Waals surface area contributed by atoms with Gasteiger partial charge >= 0.3 is 0 Å². The third-order valence-electron chi connectivity index (χ3n) is 5.12. The van der Waals surface area contributed by atoms with Crippen molar-refractivity contribution in [2.45, 2.75) is 12.8 Å². The zero-order valence-corrected chi connectivity index (χ0v) is 15.1. The number of benzene rings is 3. The van der Waals surface area contributed by atoms with E-state index in [0.29, 0.717) is 18.7 Å². The van der Waals surface area contributed by atoms with Gasteiger partial charge in [-0.05, 0) is 47.9 Å². The number of amides is 2. The van der Waals surface area contributed by atoms with Crippen molar-refractivity contribution in [3.63, 3.8) is 0 Å². The zero-order chi connectivity index (χ0) is 18.6. The van der Waals surface area contributed by atoms with Crippen LogP contribution in [0, 0.1) is 5.92 Å². The lowest BCUT2D eigenvalue weighted by molar-refractivity contribution is -0.121. The van der Waals surface area contributed by atoms with E-state index in [2.05, 4.69) is 5.32 Å². The van der Waals surface area contributed by atoms with Gasteiger partial charge in [0.2, 0.25) is 5.91 Å². The summed E-state index contributed by atoms with van der Waals surface area (Å²) in [5, 5.41) is 5.13. The van der Waals surface area contributed by atoms with E-state index < -0.39 is 0 Å². The van der Waals surface area contributed by atoms with E-state index in [0.717, 1.165) is 29.3 Å². The molecule has 0 bridgehead atoms. The van der Waals surface area contributed by atoms with Gasteiger partial charge in [-0.25, -0.2) is 0 Å². The summed E-state index contributed by atoms with van der Waals surface area (Å²) in [4.78, 5) is 27.4. The summed E-state index contributed by atoms with van der Waals surface area (Å²) in [5.74, 6) is -0.196. The number of para-hydroxylation sites is 1. The standard InChI is InChI=1S/C23H22N2O2/c26-22(24-21-10-2-1-3-11-21)20-9-6-14-25(16-20)23(27)19-13-12-17-7-4-5-8-18(17)15-19/h1-5,7-8,10-13,15,20H,6,9,14,16H2,(H,24,26). The molecule has 1 saturated heterocycles. The average Bonchev–Trinajstić information content (AvgIpc) is 2.73. The minimum atomic E-state index is -0.177. The molecule has 1 aliphatic heterocycles. The SMILES string of the molecule is O=C(Nc1ccccc1)C1CCCN(C(=O)c2ccc3ccccc3c2)C1. The normalized spacial score (nSPS) is 16.9. The van der Waals surface area contributed by atoms with E-state index in [1.54, 1.807) is 0 Å². The molecular weight excluding hydrogens is 336 g/mol. The summed E-state index contributed by atoms with van der Waals surface area (Å²) in [6.45, 7) is 1.16. The monoisotopic (exact) mass is 358 g/mol. The molecule has 0 saturated carbocycles. The van der Waals surface area contributed by atoms with Gasteiger partial charge in [-0.15, -0.1) is 0 Å². The number of anilines is 1. The molecular formula is C23H22N2O2. The number of carbonyl (C=O) groups is 2. The molecule has 136 valence electrons. The van der Waals surface area contributed by atoms with E-state index in [4.69, 9.17) is 0 Å². The Morgan fingerprint density at radius 3 is 2.44 bits per heavy atom. The molecule has 4 nitrogen and oxygen atoms in total. The number of nitrogens with one attached hydrogen (secondary N) is 1. The predicted octanol–water partition coefficient (Wildman–Crippen LogP) is 4.33. The fraction of sp³-hybridized carbons (Fsp3) is 0.217. The second-order valence-electron chi connectivity index (χ2n) is 7.01. The second-order valence-corrected chi connectivity index (χ2v) is 7.01. The molecule has 4 heteroatoms. The average molecular weight is 358 g/mol. The fourth-order valence-corrected chi connectivity index (χ4v) is 3.65. The van der Waals surface area contributed by atoms with Crippen LogP contribution in [0.4, 0.5) is 5.69 Å². The number of likely N-dealkylation sites (tertiary alicyclic amines) is 1. The van der Waals surface area contributed by atoms with Crippen LogP contribution in [-0.2, 0) is 4.79 Å². The van der Waals surface area contributed by atoms with E-state index in [1.165, 1.54) is 0 Å². The summed E-state index contributed by atoms with van der Waals surface area (Å²) >= 11 is 0. The number of nitrogens with zero attached hydrogens (tertiary/aromatic N) is 1. The van der Waals surface area contributed by atoms with Crippen LogP contribution in [0.5, 0.6) is 0 Å². The number of carbonyl (C=O) groups excluding carboxylic acids is 2. The Labute approximate surface area is 158 Å². The maximum absolute atomic E-state index is 13.0. The first-order valence-corrected chi connectivity index (χ1v) is 9.35. The van der Waals surface area contributed by atoms with Gasteiger partial charge in [0, 0.05) is 24.3 Å². The van der Waals surface area contributed by atoms with Crippen molar-refractivity contribution in [3.05, 3.63) is 78.4 Å². The minimum Gasteiger partial charge on any atom is -0.338 e. The van der Waals surface area contributed by atoms with Crippen LogP contribution in [-0.4, -0.2) is 29.8 Å². The Morgan fingerprint density at radius 2 is 1.63 bits per heavy atom. The smallest absolute Gasteiger partial charge is 0.253 e. The third kappa shape index (κ3) is 3.85. The molecule has 1 unspecified atom stereocenters. The van der Waals surface area contributed by atoms with Crippen molar-refractivity contribution in [1.82, 2.24) is 4.90 Å². The topological polar surface area (TPSA) is 49.4 Å². The van der Waals surface area contributed by atoms with E-state index in [1.807, 2.05) is 77.7 Å². The highest BCUT2D eigenvalue weighted by molar-refractivity contribution is 5.99. The van der Waals surface area contributed by atoms with Gasteiger partial charge in [-0.1, -0.05) is 48.5 Å². The number of hydrogen-bond donors (Lipinski definition) is 1. The Kier molecular flexibility index (Phi) is 4.88. The van der Waals surface area contributed by atoms with Crippen LogP contribution in [0.25, 0.3) is 10.8 Å². The molecule has 0 spiro atoms. The van der Waals surface area contributed by atoms with Gasteiger partial charge in [0.05, 0.1) is 5.92 Å². The lowest BCUT2D eigenvalue weighted by atomic mass is 9.96. The largest absolute Gasteiger partial charge is 0.338 e. The Hall–Kier alpha value is -3.14. The Bertz CT molecular complexity index is 968. The first-order valence-electron chi connectivity index (χ1n) is 9.35. The predicted molar refractivity (Wildman–Crippen MR) is 108 cm³/mol. The maximum atomic E-state index is 13.0. The number of piperidine rings is 1. The van der Waals surface area contributed by atoms with Crippen LogP contribution in [0.2, 0.25) is 0 Å². The molecule has 0 aliphatic carbocycles. The molecule has 1 atom stereocenters. The highest BCUT2D eigenvalue weighted by atomic mass is 16.2. The highest BCUT2D eigenvalue weighted by Crippen LogP contribution is 2.22. The molecule has 1 N–H and O–H groups in total. The maximum Gasteiger partial charge on any atom is 0.253 e. The number of fused-ring (bicyclic) bond motifs is 1. The van der Waals surface area contributed by atoms with E-state index in [9.17, 15) is 9.59 Å². The van der Waals surface area contributed by atoms with Crippen LogP contribution < -0.4 is 5.32 Å². The second kappa shape index (κ2) is 7.62. The summed E-state index contributed by atoms with van der Waals surface area (Å²) in [6, 6.07) is 23.3. The van der Waals surface area contributed by atoms with Gasteiger partial charge in [-0.2, -0.15) is 0 Å². The van der Waals surface area contributed by atoms with E-state index >= 15 is 0 Å². The molecule has 27 heavy (non-hydrogen) atoms. The number of hydrogen-bond acceptors (Lipinski definition) is 2. The van der Waals surface area contributed by atoms with Crippen molar-refractivity contribution in [2.75, 3.05) is 18.4 Å². The van der Waals surface area contributed by atoms with Gasteiger partial charge < -0.3 is 10.2 Å². The Morgan fingerprint density at radius 1 is 0.889 bits per heavy atom. The first-order chi connectivity index (χ1) is 13.2. The lowest BCUT2D eigenvalue weighted by Crippen LogP contribution is -2.43. The molecule has 2 amide bonds. The molecule has 0 aromatic heterocycles. The quantitative estimate of drug-likeness (QED) is 0.757.